The zero-order chi connectivity index (χ0) is 15.5. The number of anilines is 1. The molecule has 2 aromatic carbocycles. The standard InChI is InChI=1S/C16H15ClFNO2/c1-16(15(20)21-2,13-8-3-4-9-14(13)17)19-12-7-5-6-11(18)10-12/h3-10,19H,1-2H3. The molecule has 0 bridgehead atoms. The van der Waals surface area contributed by atoms with E-state index in [-0.39, 0.29) is 0 Å². The smallest absolute Gasteiger partial charge is 0.335 e. The second-order valence-corrected chi connectivity index (χ2v) is 5.14. The van der Waals surface area contributed by atoms with Gasteiger partial charge < -0.3 is 10.1 Å². The molecule has 3 nitrogen and oxygen atoms in total. The minimum Gasteiger partial charge on any atom is -0.467 e. The third-order valence-electron chi connectivity index (χ3n) is 3.23. The van der Waals surface area contributed by atoms with Crippen LogP contribution in [0.15, 0.2) is 48.5 Å². The number of carbonyl (C=O) groups is 1. The summed E-state index contributed by atoms with van der Waals surface area (Å²) >= 11 is 6.19. The molecule has 2 aromatic rings. The Morgan fingerprint density at radius 3 is 2.57 bits per heavy atom. The highest BCUT2D eigenvalue weighted by Crippen LogP contribution is 2.32. The Labute approximate surface area is 127 Å². The fourth-order valence-corrected chi connectivity index (χ4v) is 2.48. The maximum Gasteiger partial charge on any atom is 0.335 e. The van der Waals surface area contributed by atoms with E-state index in [1.165, 1.54) is 19.2 Å². The van der Waals surface area contributed by atoms with Crippen molar-refractivity contribution in [1.29, 1.82) is 0 Å². The second kappa shape index (κ2) is 6.14. The van der Waals surface area contributed by atoms with Gasteiger partial charge in [-0.15, -0.1) is 0 Å². The van der Waals surface area contributed by atoms with Crippen molar-refractivity contribution >= 4 is 23.3 Å². The number of rotatable bonds is 4. The summed E-state index contributed by atoms with van der Waals surface area (Å²) < 4.78 is 18.2. The van der Waals surface area contributed by atoms with E-state index in [9.17, 15) is 9.18 Å². The van der Waals surface area contributed by atoms with Gasteiger partial charge in [0.1, 0.15) is 5.82 Å². The van der Waals surface area contributed by atoms with Crippen LogP contribution in [0.4, 0.5) is 10.1 Å². The molecule has 0 aliphatic carbocycles. The van der Waals surface area contributed by atoms with Gasteiger partial charge in [-0.05, 0) is 31.2 Å². The fraction of sp³-hybridized carbons (Fsp3) is 0.188. The second-order valence-electron chi connectivity index (χ2n) is 4.73. The first kappa shape index (κ1) is 15.3. The summed E-state index contributed by atoms with van der Waals surface area (Å²) in [7, 11) is 1.30. The molecule has 1 unspecified atom stereocenters. The van der Waals surface area contributed by atoms with Crippen LogP contribution in [-0.4, -0.2) is 13.1 Å². The highest BCUT2D eigenvalue weighted by Gasteiger charge is 2.38. The Kier molecular flexibility index (Phi) is 4.48. The van der Waals surface area contributed by atoms with Crippen molar-refractivity contribution in [2.75, 3.05) is 12.4 Å². The monoisotopic (exact) mass is 307 g/mol. The van der Waals surface area contributed by atoms with Crippen LogP contribution in [0.5, 0.6) is 0 Å². The Balaban J connectivity index is 2.48. The Bertz CT molecular complexity index is 662. The molecular weight excluding hydrogens is 293 g/mol. The molecule has 0 aliphatic heterocycles. The number of hydrogen-bond acceptors (Lipinski definition) is 3. The van der Waals surface area contributed by atoms with Gasteiger partial charge in [-0.25, -0.2) is 9.18 Å². The lowest BCUT2D eigenvalue weighted by atomic mass is 9.91. The van der Waals surface area contributed by atoms with Gasteiger partial charge in [0.2, 0.25) is 0 Å². The lowest BCUT2D eigenvalue weighted by molar-refractivity contribution is -0.145. The molecule has 1 N–H and O–H groups in total. The molecular formula is C16H15ClFNO2. The van der Waals surface area contributed by atoms with E-state index in [1.807, 2.05) is 0 Å². The summed E-state index contributed by atoms with van der Waals surface area (Å²) in [5, 5.41) is 3.43. The van der Waals surface area contributed by atoms with Crippen LogP contribution in [-0.2, 0) is 15.1 Å². The van der Waals surface area contributed by atoms with Gasteiger partial charge in [0.05, 0.1) is 7.11 Å². The first-order valence-electron chi connectivity index (χ1n) is 6.34. The third-order valence-corrected chi connectivity index (χ3v) is 3.55. The maximum absolute atomic E-state index is 13.3. The van der Waals surface area contributed by atoms with E-state index in [1.54, 1.807) is 43.3 Å². The number of ether oxygens (including phenoxy) is 1. The number of halogens is 2. The van der Waals surface area contributed by atoms with E-state index in [0.717, 1.165) is 0 Å². The van der Waals surface area contributed by atoms with Gasteiger partial charge in [0.25, 0.3) is 0 Å². The summed E-state index contributed by atoms with van der Waals surface area (Å²) in [6, 6.07) is 12.8. The first-order chi connectivity index (χ1) is 9.97. The molecule has 1 atom stereocenters. The molecule has 110 valence electrons. The predicted molar refractivity (Wildman–Crippen MR) is 80.8 cm³/mol. The van der Waals surface area contributed by atoms with E-state index in [2.05, 4.69) is 5.32 Å². The lowest BCUT2D eigenvalue weighted by Crippen LogP contribution is -2.41. The molecule has 21 heavy (non-hydrogen) atoms. The quantitative estimate of drug-likeness (QED) is 0.868. The number of esters is 1. The summed E-state index contributed by atoms with van der Waals surface area (Å²) in [5.74, 6) is -0.911. The van der Waals surface area contributed by atoms with Crippen molar-refractivity contribution in [2.45, 2.75) is 12.5 Å². The van der Waals surface area contributed by atoms with Crippen molar-refractivity contribution in [1.82, 2.24) is 0 Å². The van der Waals surface area contributed by atoms with E-state index >= 15 is 0 Å². The van der Waals surface area contributed by atoms with Crippen LogP contribution >= 0.6 is 11.6 Å². The first-order valence-corrected chi connectivity index (χ1v) is 6.72. The molecule has 0 radical (unpaired) electrons. The van der Waals surface area contributed by atoms with E-state index in [4.69, 9.17) is 16.3 Å². The SMILES string of the molecule is COC(=O)C(C)(Nc1cccc(F)c1)c1ccccc1Cl. The summed E-state index contributed by atoms with van der Waals surface area (Å²) in [4.78, 5) is 12.2. The van der Waals surface area contributed by atoms with Crippen LogP contribution in [0.2, 0.25) is 5.02 Å². The lowest BCUT2D eigenvalue weighted by Gasteiger charge is -2.30. The topological polar surface area (TPSA) is 38.3 Å². The number of hydrogen-bond donors (Lipinski definition) is 1. The van der Waals surface area contributed by atoms with Gasteiger partial charge in [-0.1, -0.05) is 35.9 Å². The molecule has 0 amide bonds. The van der Waals surface area contributed by atoms with Crippen molar-refractivity contribution in [2.24, 2.45) is 0 Å². The molecule has 5 heteroatoms. The molecule has 0 spiro atoms. The average Bonchev–Trinajstić information content (AvgIpc) is 2.46. The number of benzene rings is 2. The Morgan fingerprint density at radius 2 is 1.95 bits per heavy atom. The normalized spacial score (nSPS) is 13.3. The van der Waals surface area contributed by atoms with Crippen LogP contribution in [0, 0.1) is 5.82 Å². The number of carbonyl (C=O) groups excluding carboxylic acids is 1. The van der Waals surface area contributed by atoms with Gasteiger partial charge in [0.15, 0.2) is 5.54 Å². The minimum absolute atomic E-state index is 0.397. The van der Waals surface area contributed by atoms with Crippen LogP contribution in [0.25, 0.3) is 0 Å². The van der Waals surface area contributed by atoms with Gasteiger partial charge in [0, 0.05) is 16.3 Å². The average molecular weight is 308 g/mol. The molecule has 0 saturated heterocycles. The van der Waals surface area contributed by atoms with Crippen molar-refractivity contribution < 1.29 is 13.9 Å². The number of methoxy groups -OCH3 is 1. The van der Waals surface area contributed by atoms with E-state index < -0.39 is 17.3 Å². The van der Waals surface area contributed by atoms with Gasteiger partial charge >= 0.3 is 5.97 Å². The van der Waals surface area contributed by atoms with Crippen molar-refractivity contribution in [3.8, 4) is 0 Å². The molecule has 0 saturated carbocycles. The zero-order valence-electron chi connectivity index (χ0n) is 11.7. The van der Waals surface area contributed by atoms with Gasteiger partial charge in [-0.2, -0.15) is 0 Å². The largest absolute Gasteiger partial charge is 0.467 e. The summed E-state index contributed by atoms with van der Waals surface area (Å²) in [6.45, 7) is 1.64. The van der Waals surface area contributed by atoms with Crippen LogP contribution in [0.3, 0.4) is 0 Å². The van der Waals surface area contributed by atoms with Crippen LogP contribution < -0.4 is 5.32 Å². The third kappa shape index (κ3) is 3.16. The maximum atomic E-state index is 13.3. The summed E-state index contributed by atoms with van der Waals surface area (Å²) in [5.41, 5.74) is -0.202. The highest BCUT2D eigenvalue weighted by atomic mass is 35.5. The number of nitrogens with one attached hydrogen (secondary N) is 1. The van der Waals surface area contributed by atoms with E-state index in [0.29, 0.717) is 16.3 Å². The molecule has 0 aromatic heterocycles. The van der Waals surface area contributed by atoms with Crippen LogP contribution in [0.1, 0.15) is 12.5 Å². The van der Waals surface area contributed by atoms with Crippen molar-refractivity contribution in [3.05, 3.63) is 64.9 Å². The predicted octanol–water partition coefficient (Wildman–Crippen LogP) is 3.98. The summed E-state index contributed by atoms with van der Waals surface area (Å²) in [6.07, 6.45) is 0. The molecule has 0 fully saturated rings. The Hall–Kier alpha value is -2.07. The van der Waals surface area contributed by atoms with Gasteiger partial charge in [-0.3, -0.25) is 0 Å². The minimum atomic E-state index is -1.22. The molecule has 2 rings (SSSR count). The molecule has 0 heterocycles. The Morgan fingerprint density at radius 1 is 1.24 bits per heavy atom. The molecule has 0 aliphatic rings. The highest BCUT2D eigenvalue weighted by molar-refractivity contribution is 6.31. The fourth-order valence-electron chi connectivity index (χ4n) is 2.15. The van der Waals surface area contributed by atoms with Crippen molar-refractivity contribution in [3.63, 3.8) is 0 Å². The zero-order valence-corrected chi connectivity index (χ0v) is 12.4.